The van der Waals surface area contributed by atoms with Gasteiger partial charge in [-0.2, -0.15) is 0 Å². The Bertz CT molecular complexity index is 219. The number of para-hydroxylation sites is 1. The van der Waals surface area contributed by atoms with E-state index < -0.39 is 3.79 Å². The Morgan fingerprint density at radius 1 is 1.08 bits per heavy atom. The molecule has 0 bridgehead atoms. The predicted octanol–water partition coefficient (Wildman–Crippen LogP) is 3.99. The minimum absolute atomic E-state index is 0.0394. The van der Waals surface area contributed by atoms with Crippen LogP contribution >= 0.6 is 46.4 Å². The molecule has 1 aromatic carbocycles. The molecule has 0 atom stereocenters. The van der Waals surface area contributed by atoms with Crippen molar-refractivity contribution in [2.45, 2.75) is 3.79 Å². The second-order valence-electron chi connectivity index (χ2n) is 2.08. The predicted molar refractivity (Wildman–Crippen MR) is 59.1 cm³/mol. The van der Waals surface area contributed by atoms with Crippen molar-refractivity contribution in [1.82, 2.24) is 0 Å². The first-order valence-electron chi connectivity index (χ1n) is 3.32. The molecule has 0 saturated heterocycles. The highest BCUT2D eigenvalue weighted by Crippen LogP contribution is 2.26. The number of rotatable bonds is 0. The van der Waals surface area contributed by atoms with E-state index in [2.05, 4.69) is 0 Å². The summed E-state index contributed by atoms with van der Waals surface area (Å²) >= 11 is 20.4. The van der Waals surface area contributed by atoms with Gasteiger partial charge in [0.05, 0.1) is 5.88 Å². The molecule has 1 N–H and O–H groups in total. The van der Waals surface area contributed by atoms with Crippen LogP contribution in [0.2, 0.25) is 0 Å². The fraction of sp³-hybridized carbons (Fsp3) is 0.250. The average Bonchev–Trinajstić information content (AvgIpc) is 2.06. The van der Waals surface area contributed by atoms with Crippen LogP contribution < -0.4 is 0 Å². The summed E-state index contributed by atoms with van der Waals surface area (Å²) in [5.74, 6) is 0.361. The van der Waals surface area contributed by atoms with Gasteiger partial charge < -0.3 is 5.11 Å². The Balaban J connectivity index is 0.000000226. The Kier molecular flexibility index (Phi) is 6.70. The van der Waals surface area contributed by atoms with Crippen LogP contribution in [0.5, 0.6) is 5.75 Å². The number of benzene rings is 1. The zero-order valence-electron chi connectivity index (χ0n) is 6.55. The molecule has 74 valence electrons. The van der Waals surface area contributed by atoms with E-state index in [4.69, 9.17) is 51.5 Å². The van der Waals surface area contributed by atoms with Gasteiger partial charge in [0.15, 0.2) is 0 Å². The van der Waals surface area contributed by atoms with Crippen LogP contribution in [0, 0.1) is 0 Å². The number of halogens is 4. The lowest BCUT2D eigenvalue weighted by molar-refractivity contribution is 0.475. The molecule has 0 amide bonds. The molecule has 0 aliphatic heterocycles. The molecule has 0 spiro atoms. The van der Waals surface area contributed by atoms with E-state index in [9.17, 15) is 0 Å². The molecule has 0 saturated carbocycles. The molecule has 0 aliphatic carbocycles. The van der Waals surface area contributed by atoms with Crippen molar-refractivity contribution in [2.75, 3.05) is 5.88 Å². The summed E-state index contributed by atoms with van der Waals surface area (Å²) in [6.07, 6.45) is 0. The van der Waals surface area contributed by atoms with E-state index in [1.165, 1.54) is 0 Å². The van der Waals surface area contributed by atoms with Gasteiger partial charge in [-0.05, 0) is 12.1 Å². The summed E-state index contributed by atoms with van der Waals surface area (Å²) in [6.45, 7) is 0. The molecule has 0 aliphatic rings. The molecule has 0 aromatic heterocycles. The highest BCUT2D eigenvalue weighted by Gasteiger charge is 2.16. The molecule has 0 heterocycles. The number of hydrogen-bond acceptors (Lipinski definition) is 1. The number of alkyl halides is 4. The monoisotopic (exact) mass is 260 g/mol. The molecule has 1 nitrogen and oxygen atoms in total. The first-order valence-corrected chi connectivity index (χ1v) is 4.99. The topological polar surface area (TPSA) is 20.2 Å². The van der Waals surface area contributed by atoms with Crippen LogP contribution in [0.4, 0.5) is 0 Å². The average molecular weight is 262 g/mol. The first kappa shape index (κ1) is 13.2. The van der Waals surface area contributed by atoms with Crippen LogP contribution in [0.3, 0.4) is 0 Å². The normalized spacial score (nSPS) is 10.2. The van der Waals surface area contributed by atoms with Crippen molar-refractivity contribution in [2.24, 2.45) is 0 Å². The van der Waals surface area contributed by atoms with E-state index in [0.717, 1.165) is 0 Å². The molecule has 1 rings (SSSR count). The third-order valence-corrected chi connectivity index (χ3v) is 2.12. The van der Waals surface area contributed by atoms with Crippen LogP contribution in [0.25, 0.3) is 0 Å². The van der Waals surface area contributed by atoms with E-state index in [0.29, 0.717) is 5.75 Å². The minimum Gasteiger partial charge on any atom is -0.508 e. The van der Waals surface area contributed by atoms with Gasteiger partial charge in [0.2, 0.25) is 3.79 Å². The van der Waals surface area contributed by atoms with Gasteiger partial charge in [0.1, 0.15) is 5.75 Å². The third-order valence-electron chi connectivity index (χ3n) is 0.908. The number of aromatic hydroxyl groups is 1. The smallest absolute Gasteiger partial charge is 0.203 e. The lowest BCUT2D eigenvalue weighted by Crippen LogP contribution is -2.01. The maximum Gasteiger partial charge on any atom is 0.203 e. The van der Waals surface area contributed by atoms with Crippen molar-refractivity contribution < 1.29 is 5.11 Å². The van der Waals surface area contributed by atoms with E-state index in [1.54, 1.807) is 24.3 Å². The lowest BCUT2D eigenvalue weighted by atomic mass is 10.3. The molecule has 0 fully saturated rings. The summed E-state index contributed by atoms with van der Waals surface area (Å²) < 4.78 is -1.28. The number of phenolic OH excluding ortho intramolecular Hbond substituents is 1. The fourth-order valence-electron chi connectivity index (χ4n) is 0.428. The number of phenols is 1. The van der Waals surface area contributed by atoms with Crippen LogP contribution in [0.15, 0.2) is 30.3 Å². The Morgan fingerprint density at radius 3 is 1.62 bits per heavy atom. The maximum atomic E-state index is 8.63. The zero-order valence-corrected chi connectivity index (χ0v) is 9.58. The van der Waals surface area contributed by atoms with Gasteiger partial charge in [-0.15, -0.1) is 11.6 Å². The Labute approximate surface area is 97.2 Å². The minimum atomic E-state index is -1.28. The lowest BCUT2D eigenvalue weighted by Gasteiger charge is -2.00. The Hall–Kier alpha value is 0.180. The molecule has 13 heavy (non-hydrogen) atoms. The molecule has 5 heteroatoms. The standard InChI is InChI=1S/C6H6O.C2H2Cl4/c7-6-4-2-1-3-5-6;3-1-2(4,5)6/h1-5,7H;1H2. The molecule has 0 radical (unpaired) electrons. The zero-order chi connectivity index (χ0) is 10.3. The van der Waals surface area contributed by atoms with E-state index in [1.807, 2.05) is 6.07 Å². The highest BCUT2D eigenvalue weighted by molar-refractivity contribution is 6.69. The van der Waals surface area contributed by atoms with Crippen molar-refractivity contribution in [3.05, 3.63) is 30.3 Å². The summed E-state index contributed by atoms with van der Waals surface area (Å²) in [6, 6.07) is 8.71. The van der Waals surface area contributed by atoms with Crippen molar-refractivity contribution >= 4 is 46.4 Å². The summed E-state index contributed by atoms with van der Waals surface area (Å²) in [5.41, 5.74) is 0. The molecular formula is C8H8Cl4O. The van der Waals surface area contributed by atoms with Crippen LogP contribution in [-0.4, -0.2) is 14.8 Å². The second-order valence-corrected chi connectivity index (χ2v) is 4.87. The van der Waals surface area contributed by atoms with E-state index >= 15 is 0 Å². The molecule has 0 unspecified atom stereocenters. The van der Waals surface area contributed by atoms with E-state index in [-0.39, 0.29) is 5.88 Å². The second kappa shape index (κ2) is 6.61. The van der Waals surface area contributed by atoms with Crippen molar-refractivity contribution in [3.8, 4) is 5.75 Å². The van der Waals surface area contributed by atoms with Gasteiger partial charge in [-0.3, -0.25) is 0 Å². The van der Waals surface area contributed by atoms with Gasteiger partial charge in [0, 0.05) is 0 Å². The largest absolute Gasteiger partial charge is 0.508 e. The third kappa shape index (κ3) is 10.1. The summed E-state index contributed by atoms with van der Waals surface area (Å²) in [7, 11) is 0. The maximum absolute atomic E-state index is 8.63. The number of hydrogen-bond donors (Lipinski definition) is 1. The van der Waals surface area contributed by atoms with Gasteiger partial charge in [0.25, 0.3) is 0 Å². The summed E-state index contributed by atoms with van der Waals surface area (Å²) in [5, 5.41) is 8.63. The van der Waals surface area contributed by atoms with Gasteiger partial charge in [-0.1, -0.05) is 53.0 Å². The quantitative estimate of drug-likeness (QED) is 0.701. The SMILES string of the molecule is ClCC(Cl)(Cl)Cl.Oc1ccccc1. The van der Waals surface area contributed by atoms with Crippen LogP contribution in [-0.2, 0) is 0 Å². The Morgan fingerprint density at radius 2 is 1.46 bits per heavy atom. The molecule has 1 aromatic rings. The van der Waals surface area contributed by atoms with Crippen LogP contribution in [0.1, 0.15) is 0 Å². The fourth-order valence-corrected chi connectivity index (χ4v) is 0.428. The molecular weight excluding hydrogens is 254 g/mol. The van der Waals surface area contributed by atoms with Crippen molar-refractivity contribution in [3.63, 3.8) is 0 Å². The highest BCUT2D eigenvalue weighted by atomic mass is 35.6. The summed E-state index contributed by atoms with van der Waals surface area (Å²) in [4.78, 5) is 0. The van der Waals surface area contributed by atoms with Gasteiger partial charge in [-0.25, -0.2) is 0 Å². The first-order chi connectivity index (χ1) is 5.95. The van der Waals surface area contributed by atoms with Crippen molar-refractivity contribution in [1.29, 1.82) is 0 Å². The van der Waals surface area contributed by atoms with Gasteiger partial charge >= 0.3 is 0 Å².